The molecular weight excluding hydrogens is 222 g/mol. The molecule has 1 atom stereocenters. The van der Waals surface area contributed by atoms with Gasteiger partial charge >= 0.3 is 5.97 Å². The first-order valence-corrected chi connectivity index (χ1v) is 4.73. The Kier molecular flexibility index (Phi) is 4.67. The lowest BCUT2D eigenvalue weighted by atomic mass is 9.86. The second-order valence-corrected chi connectivity index (χ2v) is 5.00. The zero-order chi connectivity index (χ0) is 9.94. The summed E-state index contributed by atoms with van der Waals surface area (Å²) < 4.78 is 0. The first-order chi connectivity index (χ1) is 5.27. The molecule has 2 nitrogen and oxygen atoms in total. The van der Waals surface area contributed by atoms with Crippen LogP contribution in [0, 0.1) is 5.41 Å². The maximum absolute atomic E-state index is 10.5. The third-order valence-corrected chi connectivity index (χ3v) is 2.67. The van der Waals surface area contributed by atoms with Gasteiger partial charge in [0, 0.05) is 0 Å². The molecule has 0 aliphatic carbocycles. The van der Waals surface area contributed by atoms with Crippen LogP contribution in [0.1, 0.15) is 20.3 Å². The molecule has 0 aromatic heterocycles. The highest BCUT2D eigenvalue weighted by Crippen LogP contribution is 2.33. The Balaban J connectivity index is 4.28. The molecule has 0 heterocycles. The van der Waals surface area contributed by atoms with E-state index in [0.717, 1.165) is 0 Å². The van der Waals surface area contributed by atoms with Crippen molar-refractivity contribution < 1.29 is 9.90 Å². The summed E-state index contributed by atoms with van der Waals surface area (Å²) in [6.07, 6.45) is 0.358. The van der Waals surface area contributed by atoms with Crippen molar-refractivity contribution in [1.29, 1.82) is 0 Å². The molecule has 0 saturated carbocycles. The standard InChI is InChI=1S/C7H11Cl3O2/c1-7(2,3-4(8)9)5(10)6(11)12/h4-5H,3H2,1-2H3,(H,11,12). The van der Waals surface area contributed by atoms with Crippen LogP contribution in [0.25, 0.3) is 0 Å². The number of halogens is 3. The normalized spacial score (nSPS) is 14.8. The summed E-state index contributed by atoms with van der Waals surface area (Å²) in [5, 5.41) is 7.65. The lowest BCUT2D eigenvalue weighted by molar-refractivity contribution is -0.138. The summed E-state index contributed by atoms with van der Waals surface area (Å²) in [6, 6.07) is 0. The van der Waals surface area contributed by atoms with Crippen molar-refractivity contribution in [2.24, 2.45) is 5.41 Å². The molecule has 72 valence electrons. The molecule has 0 bridgehead atoms. The van der Waals surface area contributed by atoms with Crippen molar-refractivity contribution in [3.63, 3.8) is 0 Å². The van der Waals surface area contributed by atoms with Gasteiger partial charge in [0.25, 0.3) is 0 Å². The number of carboxylic acid groups (broad SMARTS) is 1. The molecule has 0 aromatic carbocycles. The maximum atomic E-state index is 10.5. The van der Waals surface area contributed by atoms with Crippen LogP contribution >= 0.6 is 34.8 Å². The van der Waals surface area contributed by atoms with Crippen LogP contribution in [0.5, 0.6) is 0 Å². The summed E-state index contributed by atoms with van der Waals surface area (Å²) in [5.41, 5.74) is -0.596. The minimum atomic E-state index is -1.05. The zero-order valence-corrected chi connectivity index (χ0v) is 9.12. The van der Waals surface area contributed by atoms with E-state index >= 15 is 0 Å². The molecule has 0 spiro atoms. The summed E-state index contributed by atoms with van der Waals surface area (Å²) in [6.45, 7) is 3.44. The number of hydrogen-bond acceptors (Lipinski definition) is 1. The topological polar surface area (TPSA) is 37.3 Å². The number of hydrogen-bond donors (Lipinski definition) is 1. The van der Waals surface area contributed by atoms with E-state index in [1.807, 2.05) is 0 Å². The first kappa shape index (κ1) is 12.3. The summed E-state index contributed by atoms with van der Waals surface area (Å²) >= 11 is 16.7. The van der Waals surface area contributed by atoms with Gasteiger partial charge in [0.2, 0.25) is 0 Å². The van der Waals surface area contributed by atoms with Crippen molar-refractivity contribution in [3.8, 4) is 0 Å². The fraction of sp³-hybridized carbons (Fsp3) is 0.857. The van der Waals surface area contributed by atoms with Crippen molar-refractivity contribution >= 4 is 40.8 Å². The number of carboxylic acids is 1. The van der Waals surface area contributed by atoms with Gasteiger partial charge < -0.3 is 5.11 Å². The second kappa shape index (κ2) is 4.54. The highest BCUT2D eigenvalue weighted by atomic mass is 35.5. The van der Waals surface area contributed by atoms with Crippen LogP contribution in [0.3, 0.4) is 0 Å². The molecule has 0 radical (unpaired) electrons. The molecule has 0 fully saturated rings. The van der Waals surface area contributed by atoms with Gasteiger partial charge in [0.05, 0.1) is 0 Å². The SMILES string of the molecule is CC(C)(CC(Cl)Cl)C(Cl)C(=O)O. The van der Waals surface area contributed by atoms with Crippen molar-refractivity contribution in [1.82, 2.24) is 0 Å². The Morgan fingerprint density at radius 3 is 2.08 bits per heavy atom. The summed E-state index contributed by atoms with van der Waals surface area (Å²) in [4.78, 5) is 9.93. The second-order valence-electron chi connectivity index (χ2n) is 3.28. The largest absolute Gasteiger partial charge is 0.480 e. The van der Waals surface area contributed by atoms with E-state index in [-0.39, 0.29) is 0 Å². The fourth-order valence-electron chi connectivity index (χ4n) is 0.835. The van der Waals surface area contributed by atoms with E-state index < -0.39 is 21.6 Å². The molecule has 0 amide bonds. The average Bonchev–Trinajstić information content (AvgIpc) is 1.82. The van der Waals surface area contributed by atoms with Gasteiger partial charge in [-0.3, -0.25) is 4.79 Å². The summed E-state index contributed by atoms with van der Waals surface area (Å²) in [7, 11) is 0. The molecule has 0 rings (SSSR count). The number of carbonyl (C=O) groups is 1. The molecule has 1 N–H and O–H groups in total. The van der Waals surface area contributed by atoms with Crippen LogP contribution in [-0.2, 0) is 4.79 Å². The number of rotatable bonds is 4. The Labute approximate surface area is 86.8 Å². The lowest BCUT2D eigenvalue weighted by Crippen LogP contribution is -2.33. The Morgan fingerprint density at radius 1 is 1.42 bits per heavy atom. The number of aliphatic carboxylic acids is 1. The third kappa shape index (κ3) is 3.83. The highest BCUT2D eigenvalue weighted by molar-refractivity contribution is 6.44. The lowest BCUT2D eigenvalue weighted by Gasteiger charge is -2.27. The van der Waals surface area contributed by atoms with Crippen LogP contribution in [0.15, 0.2) is 0 Å². The first-order valence-electron chi connectivity index (χ1n) is 3.42. The van der Waals surface area contributed by atoms with Gasteiger partial charge in [-0.2, -0.15) is 0 Å². The average molecular weight is 234 g/mol. The Hall–Kier alpha value is 0.340. The molecule has 0 aromatic rings. The predicted molar refractivity (Wildman–Crippen MR) is 51.2 cm³/mol. The van der Waals surface area contributed by atoms with Gasteiger partial charge in [-0.05, 0) is 11.8 Å². The monoisotopic (exact) mass is 232 g/mol. The van der Waals surface area contributed by atoms with E-state index in [4.69, 9.17) is 39.9 Å². The van der Waals surface area contributed by atoms with Gasteiger partial charge in [-0.15, -0.1) is 34.8 Å². The Bertz CT molecular complexity index is 168. The van der Waals surface area contributed by atoms with E-state index in [2.05, 4.69) is 0 Å². The molecular formula is C7H11Cl3O2. The van der Waals surface area contributed by atoms with Crippen molar-refractivity contribution in [2.75, 3.05) is 0 Å². The minimum absolute atomic E-state index is 0.358. The molecule has 1 unspecified atom stereocenters. The van der Waals surface area contributed by atoms with E-state index in [1.54, 1.807) is 13.8 Å². The number of alkyl halides is 3. The highest BCUT2D eigenvalue weighted by Gasteiger charge is 2.34. The van der Waals surface area contributed by atoms with Crippen LogP contribution in [0.4, 0.5) is 0 Å². The quantitative estimate of drug-likeness (QED) is 0.758. The van der Waals surface area contributed by atoms with E-state index in [0.29, 0.717) is 6.42 Å². The van der Waals surface area contributed by atoms with E-state index in [9.17, 15) is 4.79 Å². The van der Waals surface area contributed by atoms with Crippen LogP contribution in [0.2, 0.25) is 0 Å². The molecule has 0 saturated heterocycles. The van der Waals surface area contributed by atoms with E-state index in [1.165, 1.54) is 0 Å². The zero-order valence-electron chi connectivity index (χ0n) is 6.85. The van der Waals surface area contributed by atoms with Crippen LogP contribution in [-0.4, -0.2) is 21.3 Å². The summed E-state index contributed by atoms with van der Waals surface area (Å²) in [5.74, 6) is -1.05. The molecule has 0 aliphatic rings. The molecule has 5 heteroatoms. The minimum Gasteiger partial charge on any atom is -0.480 e. The van der Waals surface area contributed by atoms with Gasteiger partial charge in [0.1, 0.15) is 10.2 Å². The maximum Gasteiger partial charge on any atom is 0.322 e. The molecule has 0 aliphatic heterocycles. The Morgan fingerprint density at radius 2 is 1.83 bits per heavy atom. The smallest absolute Gasteiger partial charge is 0.322 e. The fourth-order valence-corrected chi connectivity index (χ4v) is 1.72. The van der Waals surface area contributed by atoms with Gasteiger partial charge in [-0.1, -0.05) is 13.8 Å². The van der Waals surface area contributed by atoms with Gasteiger partial charge in [0.15, 0.2) is 0 Å². The van der Waals surface area contributed by atoms with Crippen molar-refractivity contribution in [2.45, 2.75) is 30.5 Å². The third-order valence-electron chi connectivity index (χ3n) is 1.58. The predicted octanol–water partition coefficient (Wildman–Crippen LogP) is 2.90. The molecule has 12 heavy (non-hydrogen) atoms. The van der Waals surface area contributed by atoms with Gasteiger partial charge in [-0.25, -0.2) is 0 Å². The van der Waals surface area contributed by atoms with Crippen molar-refractivity contribution in [3.05, 3.63) is 0 Å². The van der Waals surface area contributed by atoms with Crippen LogP contribution < -0.4 is 0 Å².